The Morgan fingerprint density at radius 3 is 2.40 bits per heavy atom. The summed E-state index contributed by atoms with van der Waals surface area (Å²) >= 11 is 0. The molecule has 2 rings (SSSR count). The van der Waals surface area contributed by atoms with Crippen LogP contribution in [0, 0.1) is 5.92 Å². The zero-order valence-electron chi connectivity index (χ0n) is 12.8. The first kappa shape index (κ1) is 16.2. The zero-order valence-corrected chi connectivity index (χ0v) is 13.7. The van der Waals surface area contributed by atoms with Crippen molar-refractivity contribution in [3.8, 4) is 0 Å². The van der Waals surface area contributed by atoms with Crippen LogP contribution in [0.15, 0.2) is 0 Å². The minimum absolute atomic E-state index is 0.0959. The van der Waals surface area contributed by atoms with Gasteiger partial charge in [-0.3, -0.25) is 0 Å². The quantitative estimate of drug-likeness (QED) is 0.659. The van der Waals surface area contributed by atoms with E-state index in [1.807, 2.05) is 13.8 Å². The van der Waals surface area contributed by atoms with Gasteiger partial charge in [0.15, 0.2) is 0 Å². The van der Waals surface area contributed by atoms with Crippen molar-refractivity contribution in [3.05, 3.63) is 0 Å². The van der Waals surface area contributed by atoms with E-state index in [0.717, 1.165) is 12.8 Å². The summed E-state index contributed by atoms with van der Waals surface area (Å²) in [6.45, 7) is 5.31. The SMILES string of the molecule is COCCN(C(C)C1CC1)S(=O)(=O)C(C)CNC1CC1. The Morgan fingerprint density at radius 1 is 1.25 bits per heavy atom. The molecule has 2 unspecified atom stereocenters. The monoisotopic (exact) mass is 304 g/mol. The van der Waals surface area contributed by atoms with Crippen molar-refractivity contribution in [1.82, 2.24) is 9.62 Å². The molecule has 2 fully saturated rings. The predicted molar refractivity (Wildman–Crippen MR) is 80.2 cm³/mol. The summed E-state index contributed by atoms with van der Waals surface area (Å²) in [6, 6.07) is 0.638. The molecule has 118 valence electrons. The van der Waals surface area contributed by atoms with Crippen LogP contribution < -0.4 is 5.32 Å². The van der Waals surface area contributed by atoms with E-state index in [0.29, 0.717) is 31.7 Å². The second-order valence-electron chi connectivity index (χ2n) is 6.22. The summed E-state index contributed by atoms with van der Waals surface area (Å²) < 4.78 is 32.3. The van der Waals surface area contributed by atoms with Crippen LogP contribution in [0.1, 0.15) is 39.5 Å². The highest BCUT2D eigenvalue weighted by atomic mass is 32.2. The van der Waals surface area contributed by atoms with Gasteiger partial charge in [-0.05, 0) is 45.4 Å². The largest absolute Gasteiger partial charge is 0.383 e. The molecule has 0 bridgehead atoms. The molecule has 6 heteroatoms. The average Bonchev–Trinajstić information content (AvgIpc) is 3.29. The van der Waals surface area contributed by atoms with Gasteiger partial charge in [0.05, 0.1) is 11.9 Å². The third-order valence-electron chi connectivity index (χ3n) is 4.38. The van der Waals surface area contributed by atoms with E-state index in [9.17, 15) is 8.42 Å². The van der Waals surface area contributed by atoms with Gasteiger partial charge in [-0.1, -0.05) is 0 Å². The highest BCUT2D eigenvalue weighted by Crippen LogP contribution is 2.36. The third kappa shape index (κ3) is 4.16. The summed E-state index contributed by atoms with van der Waals surface area (Å²) in [4.78, 5) is 0. The maximum absolute atomic E-state index is 12.8. The normalized spacial score (nSPS) is 23.0. The molecule has 2 atom stereocenters. The first-order valence-corrected chi connectivity index (χ1v) is 9.20. The topological polar surface area (TPSA) is 58.6 Å². The van der Waals surface area contributed by atoms with Gasteiger partial charge in [0.1, 0.15) is 0 Å². The summed E-state index contributed by atoms with van der Waals surface area (Å²) in [5.41, 5.74) is 0. The molecule has 1 N–H and O–H groups in total. The van der Waals surface area contributed by atoms with E-state index < -0.39 is 10.0 Å². The lowest BCUT2D eigenvalue weighted by atomic mass is 10.2. The van der Waals surface area contributed by atoms with Crippen LogP contribution in [0.4, 0.5) is 0 Å². The fourth-order valence-corrected chi connectivity index (χ4v) is 4.25. The molecular formula is C14H28N2O3S. The lowest BCUT2D eigenvalue weighted by Gasteiger charge is -2.31. The summed E-state index contributed by atoms with van der Waals surface area (Å²) in [6.07, 6.45) is 4.65. The number of rotatable bonds is 10. The molecule has 0 heterocycles. The number of hydrogen-bond donors (Lipinski definition) is 1. The van der Waals surface area contributed by atoms with E-state index in [1.54, 1.807) is 11.4 Å². The van der Waals surface area contributed by atoms with Gasteiger partial charge < -0.3 is 10.1 Å². The van der Waals surface area contributed by atoms with Crippen LogP contribution >= 0.6 is 0 Å². The molecule has 0 aromatic rings. The molecule has 5 nitrogen and oxygen atoms in total. The van der Waals surface area contributed by atoms with Crippen LogP contribution in [-0.4, -0.2) is 56.9 Å². The van der Waals surface area contributed by atoms with Crippen LogP contribution in [0.5, 0.6) is 0 Å². The maximum Gasteiger partial charge on any atom is 0.218 e. The molecule has 2 saturated carbocycles. The van der Waals surface area contributed by atoms with Gasteiger partial charge in [0.2, 0.25) is 10.0 Å². The van der Waals surface area contributed by atoms with Crippen LogP contribution in [0.2, 0.25) is 0 Å². The molecule has 0 saturated heterocycles. The third-order valence-corrected chi connectivity index (χ3v) is 6.73. The van der Waals surface area contributed by atoms with Crippen molar-refractivity contribution in [2.24, 2.45) is 5.92 Å². The summed E-state index contributed by atoms with van der Waals surface area (Å²) in [5.74, 6) is 0.533. The van der Waals surface area contributed by atoms with Crippen LogP contribution in [0.25, 0.3) is 0 Å². The molecule has 20 heavy (non-hydrogen) atoms. The molecule has 0 aromatic heterocycles. The van der Waals surface area contributed by atoms with E-state index in [2.05, 4.69) is 5.32 Å². The van der Waals surface area contributed by atoms with E-state index in [4.69, 9.17) is 4.74 Å². The molecule has 2 aliphatic carbocycles. The lowest BCUT2D eigenvalue weighted by molar-refractivity contribution is 0.163. The molecule has 0 aromatic carbocycles. The highest BCUT2D eigenvalue weighted by molar-refractivity contribution is 7.89. The second-order valence-corrected chi connectivity index (χ2v) is 8.52. The molecule has 0 spiro atoms. The number of nitrogens with one attached hydrogen (secondary N) is 1. The van der Waals surface area contributed by atoms with E-state index >= 15 is 0 Å². The van der Waals surface area contributed by atoms with Gasteiger partial charge in [-0.15, -0.1) is 0 Å². The van der Waals surface area contributed by atoms with E-state index in [-0.39, 0.29) is 11.3 Å². The van der Waals surface area contributed by atoms with Crippen molar-refractivity contribution in [1.29, 1.82) is 0 Å². The molecule has 0 radical (unpaired) electrons. The van der Waals surface area contributed by atoms with Crippen molar-refractivity contribution >= 4 is 10.0 Å². The minimum Gasteiger partial charge on any atom is -0.383 e. The van der Waals surface area contributed by atoms with Gasteiger partial charge in [-0.25, -0.2) is 8.42 Å². The summed E-state index contributed by atoms with van der Waals surface area (Å²) in [5, 5.41) is 2.95. The Morgan fingerprint density at radius 2 is 1.90 bits per heavy atom. The lowest BCUT2D eigenvalue weighted by Crippen LogP contribution is -2.48. The first-order valence-electron chi connectivity index (χ1n) is 7.69. The summed E-state index contributed by atoms with van der Waals surface area (Å²) in [7, 11) is -1.64. The smallest absolute Gasteiger partial charge is 0.218 e. The fraction of sp³-hybridized carbons (Fsp3) is 1.00. The molecule has 2 aliphatic rings. The number of hydrogen-bond acceptors (Lipinski definition) is 4. The Balaban J connectivity index is 1.98. The molecular weight excluding hydrogens is 276 g/mol. The Kier molecular flexibility index (Phi) is 5.45. The Bertz CT molecular complexity index is 405. The standard InChI is InChI=1S/C14H28N2O3S/c1-11(10-15-14-6-7-14)20(17,18)16(8-9-19-3)12(2)13-4-5-13/h11-15H,4-10H2,1-3H3. The van der Waals surface area contributed by atoms with Crippen molar-refractivity contribution in [2.75, 3.05) is 26.8 Å². The number of sulfonamides is 1. The minimum atomic E-state index is -3.25. The highest BCUT2D eigenvalue weighted by Gasteiger charge is 2.39. The van der Waals surface area contributed by atoms with Crippen molar-refractivity contribution < 1.29 is 13.2 Å². The second kappa shape index (κ2) is 6.73. The van der Waals surface area contributed by atoms with Gasteiger partial charge in [-0.2, -0.15) is 4.31 Å². The molecule has 0 amide bonds. The van der Waals surface area contributed by atoms with Crippen molar-refractivity contribution in [3.63, 3.8) is 0 Å². The fourth-order valence-electron chi connectivity index (χ4n) is 2.51. The number of ether oxygens (including phenoxy) is 1. The number of methoxy groups -OCH3 is 1. The van der Waals surface area contributed by atoms with Crippen LogP contribution in [0.3, 0.4) is 0 Å². The zero-order chi connectivity index (χ0) is 14.8. The number of nitrogens with zero attached hydrogens (tertiary/aromatic N) is 1. The molecule has 0 aliphatic heterocycles. The predicted octanol–water partition coefficient (Wildman–Crippen LogP) is 1.20. The average molecular weight is 304 g/mol. The Labute approximate surface area is 123 Å². The van der Waals surface area contributed by atoms with E-state index in [1.165, 1.54) is 12.8 Å². The first-order chi connectivity index (χ1) is 9.46. The van der Waals surface area contributed by atoms with Gasteiger partial charge in [0, 0.05) is 32.3 Å². The van der Waals surface area contributed by atoms with Gasteiger partial charge >= 0.3 is 0 Å². The Hall–Kier alpha value is -0.170. The van der Waals surface area contributed by atoms with Gasteiger partial charge in [0.25, 0.3) is 0 Å². The van der Waals surface area contributed by atoms with Crippen LogP contribution in [-0.2, 0) is 14.8 Å². The maximum atomic E-state index is 12.8. The van der Waals surface area contributed by atoms with Crippen molar-refractivity contribution in [2.45, 2.75) is 56.9 Å².